The Morgan fingerprint density at radius 1 is 1.16 bits per heavy atom. The van der Waals surface area contributed by atoms with E-state index in [1.54, 1.807) is 7.11 Å². The fraction of sp³-hybridized carbons (Fsp3) is 0.625. The Morgan fingerprint density at radius 2 is 1.95 bits per heavy atom. The molecule has 1 rings (SSSR count). The highest BCUT2D eigenvalue weighted by Crippen LogP contribution is 2.28. The molecule has 3 heteroatoms. The van der Waals surface area contributed by atoms with Crippen LogP contribution in [-0.2, 0) is 4.74 Å². The minimum Gasteiger partial charge on any atom is -0.493 e. The van der Waals surface area contributed by atoms with Gasteiger partial charge < -0.3 is 14.8 Å². The smallest absolute Gasteiger partial charge is 0.122 e. The SMILES string of the molecule is CC[C@@H](C)c1ccccc1OCCCNCCOC. The molecule has 0 amide bonds. The van der Waals surface area contributed by atoms with Crippen molar-refractivity contribution in [2.24, 2.45) is 0 Å². The first-order valence-corrected chi connectivity index (χ1v) is 7.21. The highest BCUT2D eigenvalue weighted by Gasteiger charge is 2.08. The van der Waals surface area contributed by atoms with Gasteiger partial charge in [0.2, 0.25) is 0 Å². The molecule has 19 heavy (non-hydrogen) atoms. The van der Waals surface area contributed by atoms with Crippen molar-refractivity contribution in [3.8, 4) is 5.75 Å². The molecule has 0 spiro atoms. The fourth-order valence-electron chi connectivity index (χ4n) is 1.92. The van der Waals surface area contributed by atoms with Crippen molar-refractivity contribution >= 4 is 0 Å². The average Bonchev–Trinajstić information content (AvgIpc) is 2.46. The Kier molecular flexibility index (Phi) is 8.26. The molecule has 1 N–H and O–H groups in total. The topological polar surface area (TPSA) is 30.5 Å². The Labute approximate surface area is 117 Å². The standard InChI is InChI=1S/C16H27NO2/c1-4-14(2)15-8-5-6-9-16(15)19-12-7-10-17-11-13-18-3/h5-6,8-9,14,17H,4,7,10-13H2,1-3H3/t14-/m1/s1. The van der Waals surface area contributed by atoms with E-state index in [-0.39, 0.29) is 0 Å². The van der Waals surface area contributed by atoms with E-state index < -0.39 is 0 Å². The van der Waals surface area contributed by atoms with Crippen LogP contribution in [0.4, 0.5) is 0 Å². The minimum atomic E-state index is 0.552. The van der Waals surface area contributed by atoms with Crippen LogP contribution in [0.5, 0.6) is 5.75 Å². The molecule has 0 saturated heterocycles. The van der Waals surface area contributed by atoms with Gasteiger partial charge in [0.15, 0.2) is 0 Å². The molecule has 0 aromatic heterocycles. The zero-order valence-electron chi connectivity index (χ0n) is 12.4. The molecule has 0 aliphatic carbocycles. The maximum Gasteiger partial charge on any atom is 0.122 e. The third-order valence-electron chi connectivity index (χ3n) is 3.30. The van der Waals surface area contributed by atoms with Crippen LogP contribution in [-0.4, -0.2) is 33.4 Å². The Bertz CT molecular complexity index is 341. The summed E-state index contributed by atoms with van der Waals surface area (Å²) in [5.74, 6) is 1.59. The van der Waals surface area contributed by atoms with Crippen molar-refractivity contribution in [2.45, 2.75) is 32.6 Å². The molecular weight excluding hydrogens is 238 g/mol. The van der Waals surface area contributed by atoms with Gasteiger partial charge in [-0.3, -0.25) is 0 Å². The summed E-state index contributed by atoms with van der Waals surface area (Å²) in [6, 6.07) is 8.36. The lowest BCUT2D eigenvalue weighted by Crippen LogP contribution is -2.21. The number of nitrogens with one attached hydrogen (secondary N) is 1. The number of para-hydroxylation sites is 1. The Balaban J connectivity index is 2.29. The Hall–Kier alpha value is -1.06. The molecule has 1 atom stereocenters. The number of benzene rings is 1. The van der Waals surface area contributed by atoms with E-state index >= 15 is 0 Å². The van der Waals surface area contributed by atoms with E-state index in [9.17, 15) is 0 Å². The number of methoxy groups -OCH3 is 1. The normalized spacial score (nSPS) is 12.4. The van der Waals surface area contributed by atoms with Gasteiger partial charge in [-0.2, -0.15) is 0 Å². The van der Waals surface area contributed by atoms with Gasteiger partial charge in [0.05, 0.1) is 13.2 Å². The molecule has 3 nitrogen and oxygen atoms in total. The van der Waals surface area contributed by atoms with Crippen LogP contribution in [0, 0.1) is 0 Å². The molecular formula is C16H27NO2. The zero-order valence-corrected chi connectivity index (χ0v) is 12.4. The highest BCUT2D eigenvalue weighted by atomic mass is 16.5. The lowest BCUT2D eigenvalue weighted by molar-refractivity contribution is 0.198. The van der Waals surface area contributed by atoms with Gasteiger partial charge in [0.1, 0.15) is 5.75 Å². The minimum absolute atomic E-state index is 0.552. The zero-order chi connectivity index (χ0) is 13.9. The average molecular weight is 265 g/mol. The molecule has 0 unspecified atom stereocenters. The summed E-state index contributed by atoms with van der Waals surface area (Å²) in [5.41, 5.74) is 1.32. The molecule has 1 aromatic carbocycles. The second-order valence-electron chi connectivity index (χ2n) is 4.79. The van der Waals surface area contributed by atoms with E-state index in [1.807, 2.05) is 6.07 Å². The molecule has 0 radical (unpaired) electrons. The van der Waals surface area contributed by atoms with Crippen LogP contribution >= 0.6 is 0 Å². The molecule has 108 valence electrons. The third-order valence-corrected chi connectivity index (χ3v) is 3.30. The third kappa shape index (κ3) is 6.08. The van der Waals surface area contributed by atoms with Gasteiger partial charge in [-0.25, -0.2) is 0 Å². The molecule has 0 heterocycles. The van der Waals surface area contributed by atoms with E-state index in [0.29, 0.717) is 5.92 Å². The number of ether oxygens (including phenoxy) is 2. The van der Waals surface area contributed by atoms with Gasteiger partial charge in [0, 0.05) is 13.7 Å². The van der Waals surface area contributed by atoms with Crippen molar-refractivity contribution < 1.29 is 9.47 Å². The number of hydrogen-bond acceptors (Lipinski definition) is 3. The van der Waals surface area contributed by atoms with Crippen LogP contribution in [0.25, 0.3) is 0 Å². The maximum atomic E-state index is 5.90. The van der Waals surface area contributed by atoms with Gasteiger partial charge in [-0.05, 0) is 36.9 Å². The largest absolute Gasteiger partial charge is 0.493 e. The fourth-order valence-corrected chi connectivity index (χ4v) is 1.92. The van der Waals surface area contributed by atoms with E-state index in [0.717, 1.165) is 44.9 Å². The van der Waals surface area contributed by atoms with Gasteiger partial charge in [-0.15, -0.1) is 0 Å². The molecule has 1 aromatic rings. The van der Waals surface area contributed by atoms with Crippen molar-refractivity contribution in [1.29, 1.82) is 0 Å². The molecule has 0 fully saturated rings. The highest BCUT2D eigenvalue weighted by molar-refractivity contribution is 5.35. The first-order chi connectivity index (χ1) is 9.29. The number of hydrogen-bond donors (Lipinski definition) is 1. The van der Waals surface area contributed by atoms with Gasteiger partial charge in [0.25, 0.3) is 0 Å². The number of rotatable bonds is 10. The lowest BCUT2D eigenvalue weighted by atomic mass is 9.98. The molecule has 0 saturated carbocycles. The van der Waals surface area contributed by atoms with Crippen molar-refractivity contribution in [1.82, 2.24) is 5.32 Å². The van der Waals surface area contributed by atoms with Crippen LogP contribution in [0.2, 0.25) is 0 Å². The van der Waals surface area contributed by atoms with E-state index in [2.05, 4.69) is 37.4 Å². The summed E-state index contributed by atoms with van der Waals surface area (Å²) in [7, 11) is 1.72. The van der Waals surface area contributed by atoms with Crippen LogP contribution < -0.4 is 10.1 Å². The lowest BCUT2D eigenvalue weighted by Gasteiger charge is -2.15. The van der Waals surface area contributed by atoms with Crippen LogP contribution in [0.15, 0.2) is 24.3 Å². The molecule has 0 bridgehead atoms. The molecule has 0 aliphatic rings. The summed E-state index contributed by atoms with van der Waals surface area (Å²) in [5, 5.41) is 3.32. The second kappa shape index (κ2) is 9.82. The maximum absolute atomic E-state index is 5.90. The predicted octanol–water partition coefficient (Wildman–Crippen LogP) is 3.21. The van der Waals surface area contributed by atoms with Gasteiger partial charge in [-0.1, -0.05) is 32.0 Å². The predicted molar refractivity (Wildman–Crippen MR) is 80.0 cm³/mol. The van der Waals surface area contributed by atoms with Crippen LogP contribution in [0.3, 0.4) is 0 Å². The second-order valence-corrected chi connectivity index (χ2v) is 4.79. The van der Waals surface area contributed by atoms with Crippen LogP contribution in [0.1, 0.15) is 38.2 Å². The Morgan fingerprint density at radius 3 is 2.68 bits per heavy atom. The van der Waals surface area contributed by atoms with Crippen molar-refractivity contribution in [3.05, 3.63) is 29.8 Å². The monoisotopic (exact) mass is 265 g/mol. The quantitative estimate of drug-likeness (QED) is 0.659. The summed E-state index contributed by atoms with van der Waals surface area (Å²) in [6.07, 6.45) is 2.15. The molecule has 0 aliphatic heterocycles. The van der Waals surface area contributed by atoms with Crippen molar-refractivity contribution in [3.63, 3.8) is 0 Å². The first kappa shape index (κ1) is 16.0. The summed E-state index contributed by atoms with van der Waals surface area (Å²) in [4.78, 5) is 0. The summed E-state index contributed by atoms with van der Waals surface area (Å²) >= 11 is 0. The van der Waals surface area contributed by atoms with Crippen molar-refractivity contribution in [2.75, 3.05) is 33.4 Å². The summed E-state index contributed by atoms with van der Waals surface area (Å²) < 4.78 is 10.9. The summed E-state index contributed by atoms with van der Waals surface area (Å²) in [6.45, 7) is 7.84. The van der Waals surface area contributed by atoms with Gasteiger partial charge >= 0.3 is 0 Å². The van der Waals surface area contributed by atoms with E-state index in [4.69, 9.17) is 9.47 Å². The first-order valence-electron chi connectivity index (χ1n) is 7.21. The van der Waals surface area contributed by atoms with E-state index in [1.165, 1.54) is 5.56 Å².